The van der Waals surface area contributed by atoms with E-state index < -0.39 is 0 Å². The molecule has 0 saturated carbocycles. The van der Waals surface area contributed by atoms with Gasteiger partial charge in [-0.1, -0.05) is 0 Å². The molecule has 0 amide bonds. The van der Waals surface area contributed by atoms with Crippen LogP contribution in [-0.4, -0.2) is 22.7 Å². The maximum atomic E-state index is 5.25. The number of anilines is 1. The Balaban J connectivity index is 2.12. The molecule has 0 aliphatic carbocycles. The van der Waals surface area contributed by atoms with Gasteiger partial charge in [0.25, 0.3) is 0 Å². The number of nitrogens with one attached hydrogen (secondary N) is 1. The molecule has 1 N–H and O–H groups in total. The molecule has 1 aromatic heterocycles. The second-order valence-corrected chi connectivity index (χ2v) is 3.17. The van der Waals surface area contributed by atoms with Crippen molar-refractivity contribution in [2.75, 3.05) is 17.6 Å². The number of imidazole rings is 1. The Hall–Kier alpha value is -0.600. The second kappa shape index (κ2) is 2.56. The van der Waals surface area contributed by atoms with E-state index in [0.29, 0.717) is 8.73 Å². The highest BCUT2D eigenvalue weighted by Crippen LogP contribution is 2.28. The van der Waals surface area contributed by atoms with Crippen LogP contribution in [0.1, 0.15) is 0 Å². The normalized spacial score (nSPS) is 20.6. The van der Waals surface area contributed by atoms with Gasteiger partial charge in [0.1, 0.15) is 0 Å². The van der Waals surface area contributed by atoms with E-state index in [4.69, 9.17) is 4.84 Å². The average molecular weight is 157 g/mol. The summed E-state index contributed by atoms with van der Waals surface area (Å²) in [5.74, 6) is 0.816. The Labute approximate surface area is 60.4 Å². The molecule has 0 spiro atoms. The van der Waals surface area contributed by atoms with Crippen molar-refractivity contribution in [2.24, 2.45) is 0 Å². The maximum Gasteiger partial charge on any atom is 0.230 e. The van der Waals surface area contributed by atoms with Gasteiger partial charge in [-0.25, -0.2) is 9.82 Å². The van der Waals surface area contributed by atoms with Crippen molar-refractivity contribution >= 4 is 14.7 Å². The Kier molecular flexibility index (Phi) is 1.57. The van der Waals surface area contributed by atoms with Crippen molar-refractivity contribution in [3.8, 4) is 0 Å². The molecule has 1 fully saturated rings. The summed E-state index contributed by atoms with van der Waals surface area (Å²) in [7, 11) is 0.712. The molecule has 2 heterocycles. The lowest BCUT2D eigenvalue weighted by molar-refractivity contribution is 0.185. The Morgan fingerprint density at radius 3 is 3.40 bits per heavy atom. The third-order valence-electron chi connectivity index (χ3n) is 1.25. The molecule has 1 atom stereocenters. The fourth-order valence-corrected chi connectivity index (χ4v) is 1.67. The molecule has 1 aliphatic heterocycles. The fourth-order valence-electron chi connectivity index (χ4n) is 0.834. The summed E-state index contributed by atoms with van der Waals surface area (Å²) in [6.07, 6.45) is 4.63. The summed E-state index contributed by atoms with van der Waals surface area (Å²) >= 11 is 0. The molecule has 0 bridgehead atoms. The molecule has 0 aromatic carbocycles. The molecule has 1 aliphatic rings. The minimum atomic E-state index is 0.712. The van der Waals surface area contributed by atoms with Crippen molar-refractivity contribution in [1.29, 1.82) is 0 Å². The highest BCUT2D eigenvalue weighted by atomic mass is 31.1. The van der Waals surface area contributed by atoms with Crippen LogP contribution < -0.4 is 4.83 Å². The maximum absolute atomic E-state index is 5.25. The van der Waals surface area contributed by atoms with Crippen molar-refractivity contribution in [3.63, 3.8) is 0 Å². The zero-order chi connectivity index (χ0) is 6.81. The standard InChI is InChI=1S/C5H8N3OP/c1-2-7-5(6-1)8-9-3-4-10-8/h1-2,10H,3-4H2,(H,6,7). The number of rotatable bonds is 1. The molecule has 1 saturated heterocycles. The Morgan fingerprint density at radius 1 is 1.80 bits per heavy atom. The van der Waals surface area contributed by atoms with E-state index in [9.17, 15) is 0 Å². The van der Waals surface area contributed by atoms with Crippen LogP contribution in [0, 0.1) is 0 Å². The van der Waals surface area contributed by atoms with Gasteiger partial charge in [-0.2, -0.15) is 0 Å². The van der Waals surface area contributed by atoms with Crippen LogP contribution in [0.25, 0.3) is 0 Å². The van der Waals surface area contributed by atoms with Crippen molar-refractivity contribution in [1.82, 2.24) is 9.97 Å². The predicted octanol–water partition coefficient (Wildman–Crippen LogP) is 0.755. The van der Waals surface area contributed by atoms with E-state index in [1.807, 2.05) is 0 Å². The summed E-state index contributed by atoms with van der Waals surface area (Å²) in [5, 5.41) is 0. The van der Waals surface area contributed by atoms with Crippen LogP contribution in [0.15, 0.2) is 12.4 Å². The SMILES string of the molecule is c1c[nH]c(N2OCCP2)n1. The molecular weight excluding hydrogens is 149 g/mol. The minimum Gasteiger partial charge on any atom is -0.329 e. The number of H-pyrrole nitrogens is 1. The van der Waals surface area contributed by atoms with Gasteiger partial charge in [-0.05, 0) is 0 Å². The van der Waals surface area contributed by atoms with Gasteiger partial charge >= 0.3 is 0 Å². The van der Waals surface area contributed by atoms with E-state index >= 15 is 0 Å². The van der Waals surface area contributed by atoms with Gasteiger partial charge in [0.05, 0.1) is 6.61 Å². The van der Waals surface area contributed by atoms with Gasteiger partial charge in [-0.15, -0.1) is 0 Å². The highest BCUT2D eigenvalue weighted by Gasteiger charge is 2.14. The smallest absolute Gasteiger partial charge is 0.230 e. The van der Waals surface area contributed by atoms with Gasteiger partial charge in [0.2, 0.25) is 5.95 Å². The molecule has 1 unspecified atom stereocenters. The van der Waals surface area contributed by atoms with Crippen LogP contribution in [0.4, 0.5) is 5.95 Å². The first-order chi connectivity index (χ1) is 4.97. The first-order valence-electron chi connectivity index (χ1n) is 3.13. The fraction of sp³-hybridized carbons (Fsp3) is 0.400. The first-order valence-corrected chi connectivity index (χ1v) is 4.28. The van der Waals surface area contributed by atoms with Crippen LogP contribution >= 0.6 is 8.73 Å². The first kappa shape index (κ1) is 6.13. The molecule has 4 nitrogen and oxygen atoms in total. The molecule has 54 valence electrons. The Bertz CT molecular complexity index is 195. The number of aromatic amines is 1. The van der Waals surface area contributed by atoms with Gasteiger partial charge in [0.15, 0.2) is 0 Å². The van der Waals surface area contributed by atoms with E-state index in [2.05, 4.69) is 9.97 Å². The summed E-state index contributed by atoms with van der Waals surface area (Å²) in [5.41, 5.74) is 0. The number of hydrogen-bond donors (Lipinski definition) is 1. The van der Waals surface area contributed by atoms with Crippen molar-refractivity contribution in [3.05, 3.63) is 12.4 Å². The topological polar surface area (TPSA) is 41.2 Å². The van der Waals surface area contributed by atoms with Crippen LogP contribution in [0.2, 0.25) is 0 Å². The van der Waals surface area contributed by atoms with Crippen molar-refractivity contribution in [2.45, 2.75) is 0 Å². The zero-order valence-corrected chi connectivity index (χ0v) is 6.37. The summed E-state index contributed by atoms with van der Waals surface area (Å²) in [4.78, 5) is 14.1. The molecule has 5 heteroatoms. The monoisotopic (exact) mass is 157 g/mol. The molecular formula is C5H8N3OP. The van der Waals surface area contributed by atoms with Gasteiger partial charge in [0, 0.05) is 27.3 Å². The minimum absolute atomic E-state index is 0.712. The Morgan fingerprint density at radius 2 is 2.80 bits per heavy atom. The van der Waals surface area contributed by atoms with E-state index in [0.717, 1.165) is 18.7 Å². The average Bonchev–Trinajstić information content (AvgIpc) is 2.59. The molecule has 10 heavy (non-hydrogen) atoms. The summed E-state index contributed by atoms with van der Waals surface area (Å²) in [6.45, 7) is 0.819. The second-order valence-electron chi connectivity index (χ2n) is 1.95. The summed E-state index contributed by atoms with van der Waals surface area (Å²) < 4.78 is 0. The van der Waals surface area contributed by atoms with Crippen LogP contribution in [0.5, 0.6) is 0 Å². The largest absolute Gasteiger partial charge is 0.329 e. The third-order valence-corrected chi connectivity index (χ3v) is 2.31. The third kappa shape index (κ3) is 1.00. The van der Waals surface area contributed by atoms with Gasteiger partial charge < -0.3 is 4.98 Å². The highest BCUT2D eigenvalue weighted by molar-refractivity contribution is 7.40. The predicted molar refractivity (Wildman–Crippen MR) is 40.2 cm³/mol. The summed E-state index contributed by atoms with van der Waals surface area (Å²) in [6, 6.07) is 0. The number of nitrogens with zero attached hydrogens (tertiary/aromatic N) is 2. The van der Waals surface area contributed by atoms with Crippen LogP contribution in [0.3, 0.4) is 0 Å². The molecule has 1 aromatic rings. The van der Waals surface area contributed by atoms with E-state index in [-0.39, 0.29) is 0 Å². The molecule has 2 rings (SSSR count). The number of hydrogen-bond acceptors (Lipinski definition) is 3. The lowest BCUT2D eigenvalue weighted by Gasteiger charge is -2.10. The zero-order valence-electron chi connectivity index (χ0n) is 5.37. The molecule has 0 radical (unpaired) electrons. The van der Waals surface area contributed by atoms with E-state index in [1.54, 1.807) is 17.2 Å². The lowest BCUT2D eigenvalue weighted by Crippen LogP contribution is -2.07. The lowest BCUT2D eigenvalue weighted by atomic mass is 10.9. The van der Waals surface area contributed by atoms with Crippen LogP contribution in [-0.2, 0) is 4.84 Å². The quantitative estimate of drug-likeness (QED) is 0.611. The number of aromatic nitrogens is 2. The van der Waals surface area contributed by atoms with Crippen molar-refractivity contribution < 1.29 is 4.84 Å². The van der Waals surface area contributed by atoms with E-state index in [1.165, 1.54) is 0 Å². The van der Waals surface area contributed by atoms with Gasteiger partial charge in [-0.3, -0.25) is 4.84 Å².